The van der Waals surface area contributed by atoms with Gasteiger partial charge in [-0.15, -0.1) is 11.3 Å². The zero-order valence-electron chi connectivity index (χ0n) is 22.5. The number of carbonyl (C=O) groups is 3. The number of nitrogens with one attached hydrogen (secondary N) is 1. The van der Waals surface area contributed by atoms with Crippen LogP contribution in [0.3, 0.4) is 0 Å². The lowest BCUT2D eigenvalue weighted by atomic mass is 9.96. The highest BCUT2D eigenvalue weighted by Crippen LogP contribution is 2.30. The van der Waals surface area contributed by atoms with Gasteiger partial charge >= 0.3 is 12.1 Å². The second-order valence-electron chi connectivity index (χ2n) is 10.4. The summed E-state index contributed by atoms with van der Waals surface area (Å²) < 4.78 is 12.8. The molecule has 0 spiro atoms. The number of piperazine rings is 1. The van der Waals surface area contributed by atoms with Crippen LogP contribution in [0.4, 0.5) is 15.4 Å². The third kappa shape index (κ3) is 6.92. The average molecular weight is 579 g/mol. The maximum Gasteiger partial charge on any atom is 0.410 e. The number of aromatic nitrogens is 2. The molecule has 0 radical (unpaired) electrons. The zero-order valence-corrected chi connectivity index (χ0v) is 24.1. The topological polar surface area (TPSA) is 109 Å². The number of ether oxygens (including phenoxy) is 2. The molecule has 212 valence electrons. The molecular formula is C26H35ClN6O5S. The molecule has 2 fully saturated rings. The molecule has 2 aromatic rings. The third-order valence-electron chi connectivity index (χ3n) is 6.47. The summed E-state index contributed by atoms with van der Waals surface area (Å²) in [6, 6.07) is 4.77. The normalized spacial score (nSPS) is 18.2. The monoisotopic (exact) mass is 578 g/mol. The Morgan fingerprint density at radius 3 is 2.59 bits per heavy atom. The van der Waals surface area contributed by atoms with Crippen molar-refractivity contribution >= 4 is 46.8 Å². The predicted molar refractivity (Wildman–Crippen MR) is 149 cm³/mol. The van der Waals surface area contributed by atoms with Crippen LogP contribution in [0.25, 0.3) is 0 Å². The molecule has 1 N–H and O–H groups in total. The van der Waals surface area contributed by atoms with Crippen molar-refractivity contribution < 1.29 is 23.9 Å². The largest absolute Gasteiger partial charge is 0.445 e. The van der Waals surface area contributed by atoms with Crippen LogP contribution in [0.5, 0.6) is 0 Å². The second-order valence-corrected chi connectivity index (χ2v) is 12.2. The van der Waals surface area contributed by atoms with Crippen molar-refractivity contribution in [2.45, 2.75) is 33.4 Å². The van der Waals surface area contributed by atoms with E-state index in [1.165, 1.54) is 22.1 Å². The average Bonchev–Trinajstić information content (AvgIpc) is 3.55. The van der Waals surface area contributed by atoms with E-state index in [1.807, 2.05) is 32.9 Å². The van der Waals surface area contributed by atoms with Crippen LogP contribution in [0.15, 0.2) is 30.9 Å². The van der Waals surface area contributed by atoms with E-state index < -0.39 is 17.6 Å². The Kier molecular flexibility index (Phi) is 9.19. The minimum absolute atomic E-state index is 0.0611. The van der Waals surface area contributed by atoms with E-state index in [0.717, 1.165) is 4.88 Å². The number of hydrogen-bond donors (Lipinski definition) is 1. The Balaban J connectivity index is 1.65. The standard InChI is InChI=1S/C26H35ClN6O5S/c1-5-12-38-25(36)32-9-8-31(24(35)30-10-13-37-14-11-30)17-20(32)19-15-22(28-16-18-6-7-21(27)39-18)33(29-19)23(34)26(2,3)4/h5-7,15,20,28H,1,8-14,16-17H2,2-4H3. The smallest absolute Gasteiger partial charge is 0.410 e. The molecule has 0 saturated carbocycles. The first kappa shape index (κ1) is 28.9. The quantitative estimate of drug-likeness (QED) is 0.508. The molecule has 11 nitrogen and oxygen atoms in total. The molecule has 2 aliphatic heterocycles. The van der Waals surface area contributed by atoms with Gasteiger partial charge in [0.05, 0.1) is 35.8 Å². The Labute approximate surface area is 237 Å². The van der Waals surface area contributed by atoms with E-state index in [9.17, 15) is 14.4 Å². The maximum atomic E-state index is 13.4. The van der Waals surface area contributed by atoms with Crippen LogP contribution in [-0.2, 0) is 16.0 Å². The summed E-state index contributed by atoms with van der Waals surface area (Å²) in [6.45, 7) is 12.4. The van der Waals surface area contributed by atoms with Gasteiger partial charge in [-0.1, -0.05) is 45.0 Å². The number of morpholine rings is 1. The first-order chi connectivity index (χ1) is 18.6. The van der Waals surface area contributed by atoms with Crippen molar-refractivity contribution in [1.29, 1.82) is 0 Å². The van der Waals surface area contributed by atoms with Crippen molar-refractivity contribution in [3.63, 3.8) is 0 Å². The number of rotatable bonds is 6. The molecule has 0 aliphatic carbocycles. The molecule has 2 saturated heterocycles. The Hall–Kier alpha value is -3.09. The molecule has 4 heterocycles. The van der Waals surface area contributed by atoms with Crippen molar-refractivity contribution in [1.82, 2.24) is 24.5 Å². The van der Waals surface area contributed by atoms with Gasteiger partial charge in [-0.2, -0.15) is 9.78 Å². The Bertz CT molecular complexity index is 1200. The van der Waals surface area contributed by atoms with E-state index in [1.54, 1.807) is 20.8 Å². The lowest BCUT2D eigenvalue weighted by molar-refractivity contribution is 0.0264. The third-order valence-corrected chi connectivity index (χ3v) is 7.70. The summed E-state index contributed by atoms with van der Waals surface area (Å²) in [6.07, 6.45) is 0.971. The highest BCUT2D eigenvalue weighted by Gasteiger charge is 2.38. The molecule has 0 aromatic carbocycles. The van der Waals surface area contributed by atoms with E-state index in [-0.39, 0.29) is 31.6 Å². The van der Waals surface area contributed by atoms with Gasteiger partial charge in [0, 0.05) is 49.1 Å². The lowest BCUT2D eigenvalue weighted by Gasteiger charge is -2.42. The van der Waals surface area contributed by atoms with Gasteiger partial charge < -0.3 is 24.6 Å². The van der Waals surface area contributed by atoms with Crippen LogP contribution in [0.2, 0.25) is 4.34 Å². The van der Waals surface area contributed by atoms with Gasteiger partial charge in [0.1, 0.15) is 12.4 Å². The minimum atomic E-state index is -0.709. The van der Waals surface area contributed by atoms with E-state index in [2.05, 4.69) is 17.0 Å². The van der Waals surface area contributed by atoms with Crippen molar-refractivity contribution in [3.8, 4) is 0 Å². The van der Waals surface area contributed by atoms with Crippen LogP contribution in [-0.4, -0.2) is 95.1 Å². The highest BCUT2D eigenvalue weighted by atomic mass is 35.5. The molecule has 3 amide bonds. The summed E-state index contributed by atoms with van der Waals surface area (Å²) >= 11 is 7.53. The fourth-order valence-corrected chi connectivity index (χ4v) is 5.41. The van der Waals surface area contributed by atoms with Gasteiger partial charge in [-0.25, -0.2) is 9.59 Å². The number of nitrogens with zero attached hydrogens (tertiary/aromatic N) is 5. The van der Waals surface area contributed by atoms with Gasteiger partial charge in [-0.05, 0) is 12.1 Å². The van der Waals surface area contributed by atoms with Gasteiger partial charge in [-0.3, -0.25) is 9.69 Å². The van der Waals surface area contributed by atoms with Crippen molar-refractivity contribution in [2.24, 2.45) is 5.41 Å². The molecule has 0 bridgehead atoms. The van der Waals surface area contributed by atoms with Crippen LogP contribution in [0, 0.1) is 5.41 Å². The fraction of sp³-hybridized carbons (Fsp3) is 0.538. The number of anilines is 1. The molecule has 2 aromatic heterocycles. The number of carbonyl (C=O) groups excluding carboxylic acids is 3. The number of thiophene rings is 1. The van der Waals surface area contributed by atoms with Gasteiger partial charge in [0.25, 0.3) is 5.91 Å². The van der Waals surface area contributed by atoms with E-state index in [4.69, 9.17) is 21.1 Å². The summed E-state index contributed by atoms with van der Waals surface area (Å²) in [5.74, 6) is 0.281. The maximum absolute atomic E-state index is 13.4. The summed E-state index contributed by atoms with van der Waals surface area (Å²) in [7, 11) is 0. The van der Waals surface area contributed by atoms with E-state index >= 15 is 0 Å². The Morgan fingerprint density at radius 2 is 1.95 bits per heavy atom. The number of urea groups is 1. The molecular weight excluding hydrogens is 544 g/mol. The lowest BCUT2D eigenvalue weighted by Crippen LogP contribution is -2.56. The Morgan fingerprint density at radius 1 is 1.21 bits per heavy atom. The fourth-order valence-electron chi connectivity index (χ4n) is 4.38. The molecule has 1 atom stereocenters. The van der Waals surface area contributed by atoms with Crippen LogP contribution >= 0.6 is 22.9 Å². The second kappa shape index (κ2) is 12.4. The zero-order chi connectivity index (χ0) is 28.2. The SMILES string of the molecule is C=CCOC(=O)N1CCN(C(=O)N2CCOCC2)CC1c1cc(NCc2ccc(Cl)s2)n(C(=O)C(C)(C)C)n1. The molecule has 2 aliphatic rings. The molecule has 39 heavy (non-hydrogen) atoms. The minimum Gasteiger partial charge on any atom is -0.445 e. The first-order valence-electron chi connectivity index (χ1n) is 12.9. The summed E-state index contributed by atoms with van der Waals surface area (Å²) in [5, 5.41) is 7.98. The molecule has 1 unspecified atom stereocenters. The number of amides is 3. The highest BCUT2D eigenvalue weighted by molar-refractivity contribution is 7.16. The number of hydrogen-bond acceptors (Lipinski definition) is 8. The van der Waals surface area contributed by atoms with Crippen molar-refractivity contribution in [3.05, 3.63) is 45.8 Å². The van der Waals surface area contributed by atoms with Gasteiger partial charge in [0.15, 0.2) is 0 Å². The van der Waals surface area contributed by atoms with E-state index in [0.29, 0.717) is 55.2 Å². The molecule has 13 heteroatoms. The molecule has 4 rings (SSSR count). The predicted octanol–water partition coefficient (Wildman–Crippen LogP) is 4.33. The first-order valence-corrected chi connectivity index (χ1v) is 14.1. The summed E-state index contributed by atoms with van der Waals surface area (Å²) in [4.78, 5) is 45.7. The number of halogens is 1. The summed E-state index contributed by atoms with van der Waals surface area (Å²) in [5.41, 5.74) is -0.228. The van der Waals surface area contributed by atoms with Gasteiger partial charge in [0.2, 0.25) is 0 Å². The van der Waals surface area contributed by atoms with Crippen LogP contribution < -0.4 is 5.32 Å². The van der Waals surface area contributed by atoms with Crippen LogP contribution in [0.1, 0.15) is 42.2 Å². The van der Waals surface area contributed by atoms with Crippen molar-refractivity contribution in [2.75, 3.05) is 57.9 Å².